The van der Waals surface area contributed by atoms with Gasteiger partial charge in [0.15, 0.2) is 0 Å². The average molecular weight is 227 g/mol. The second kappa shape index (κ2) is 5.86. The summed E-state index contributed by atoms with van der Waals surface area (Å²) >= 11 is 0. The number of pyridine rings is 1. The van der Waals surface area contributed by atoms with Crippen LogP contribution in [0.1, 0.15) is 0 Å². The summed E-state index contributed by atoms with van der Waals surface area (Å²) in [6.07, 6.45) is 0. The Balaban J connectivity index is 2.87. The van der Waals surface area contributed by atoms with E-state index in [-0.39, 0.29) is 18.2 Å². The van der Waals surface area contributed by atoms with E-state index in [0.29, 0.717) is 12.4 Å². The molecule has 1 aromatic rings. The van der Waals surface area contributed by atoms with Crippen molar-refractivity contribution >= 4 is 11.5 Å². The fraction of sp³-hybridized carbons (Fsp3) is 0.444. The van der Waals surface area contributed by atoms with E-state index in [1.54, 1.807) is 7.05 Å². The Labute approximate surface area is 92.5 Å². The molecule has 7 nitrogen and oxygen atoms in total. The Bertz CT molecular complexity index is 370. The van der Waals surface area contributed by atoms with Crippen LogP contribution in [0.5, 0.6) is 5.88 Å². The molecule has 0 aliphatic rings. The van der Waals surface area contributed by atoms with Gasteiger partial charge in [-0.05, 0) is 6.07 Å². The average Bonchev–Trinajstić information content (AvgIpc) is 2.29. The van der Waals surface area contributed by atoms with Gasteiger partial charge >= 0.3 is 5.69 Å². The third-order valence-corrected chi connectivity index (χ3v) is 1.82. The van der Waals surface area contributed by atoms with Gasteiger partial charge in [-0.3, -0.25) is 10.1 Å². The van der Waals surface area contributed by atoms with Gasteiger partial charge < -0.3 is 14.8 Å². The fourth-order valence-electron chi connectivity index (χ4n) is 1.04. The van der Waals surface area contributed by atoms with E-state index in [4.69, 9.17) is 9.47 Å². The summed E-state index contributed by atoms with van der Waals surface area (Å²) in [6, 6.07) is 2.86. The number of hydrogen-bond donors (Lipinski definition) is 1. The highest BCUT2D eigenvalue weighted by Gasteiger charge is 2.17. The van der Waals surface area contributed by atoms with Crippen molar-refractivity contribution in [2.45, 2.75) is 0 Å². The quantitative estimate of drug-likeness (QED) is 0.444. The van der Waals surface area contributed by atoms with Gasteiger partial charge in [-0.25, -0.2) is 0 Å². The number of nitrogens with zero attached hydrogens (tertiary/aromatic N) is 2. The number of aromatic nitrogens is 1. The number of methoxy groups -OCH3 is 1. The standard InChI is InChI=1S/C9H13N3O4/c1-10-8-4-3-7(12(13)14)9(11-8)16-6-5-15-2/h3-4H,5-6H2,1-2H3,(H,10,11). The molecule has 1 heterocycles. The van der Waals surface area contributed by atoms with Gasteiger partial charge in [0, 0.05) is 20.2 Å². The number of nitro groups is 1. The molecule has 0 atom stereocenters. The molecule has 16 heavy (non-hydrogen) atoms. The second-order valence-electron chi connectivity index (χ2n) is 2.87. The maximum atomic E-state index is 10.7. The largest absolute Gasteiger partial charge is 0.470 e. The molecule has 0 aromatic carbocycles. The van der Waals surface area contributed by atoms with Crippen LogP contribution in [0.4, 0.5) is 11.5 Å². The van der Waals surface area contributed by atoms with Crippen molar-refractivity contribution in [3.63, 3.8) is 0 Å². The predicted octanol–water partition coefficient (Wildman–Crippen LogP) is 1.06. The summed E-state index contributed by atoms with van der Waals surface area (Å²) in [5, 5.41) is 13.5. The van der Waals surface area contributed by atoms with Crippen LogP contribution >= 0.6 is 0 Å². The molecule has 0 amide bonds. The minimum absolute atomic E-state index is 0.00565. The van der Waals surface area contributed by atoms with E-state index in [2.05, 4.69) is 10.3 Å². The van der Waals surface area contributed by atoms with Crippen molar-refractivity contribution in [1.29, 1.82) is 0 Å². The van der Waals surface area contributed by atoms with Gasteiger partial charge in [0.1, 0.15) is 12.4 Å². The SMILES string of the molecule is CNc1ccc([N+](=O)[O-])c(OCCOC)n1. The van der Waals surface area contributed by atoms with E-state index in [9.17, 15) is 10.1 Å². The molecular weight excluding hydrogens is 214 g/mol. The van der Waals surface area contributed by atoms with Gasteiger partial charge in [0.05, 0.1) is 11.5 Å². The molecule has 0 saturated carbocycles. The molecule has 1 aromatic heterocycles. The van der Waals surface area contributed by atoms with Crippen molar-refractivity contribution in [2.75, 3.05) is 32.7 Å². The first-order chi connectivity index (χ1) is 7.69. The van der Waals surface area contributed by atoms with Gasteiger partial charge in [-0.2, -0.15) is 4.98 Å². The van der Waals surface area contributed by atoms with Crippen LogP contribution in [-0.4, -0.2) is 37.3 Å². The third kappa shape index (κ3) is 3.06. The summed E-state index contributed by atoms with van der Waals surface area (Å²) in [7, 11) is 3.20. The first-order valence-corrected chi connectivity index (χ1v) is 4.64. The maximum Gasteiger partial charge on any atom is 0.331 e. The number of anilines is 1. The van der Waals surface area contributed by atoms with Gasteiger partial charge in [-0.15, -0.1) is 0 Å². The Morgan fingerprint density at radius 1 is 1.50 bits per heavy atom. The zero-order valence-electron chi connectivity index (χ0n) is 9.10. The molecule has 0 fully saturated rings. The molecule has 0 bridgehead atoms. The van der Waals surface area contributed by atoms with E-state index in [1.165, 1.54) is 19.2 Å². The molecule has 0 radical (unpaired) electrons. The molecule has 7 heteroatoms. The highest BCUT2D eigenvalue weighted by atomic mass is 16.6. The van der Waals surface area contributed by atoms with Crippen molar-refractivity contribution in [1.82, 2.24) is 4.98 Å². The van der Waals surface area contributed by atoms with E-state index in [1.807, 2.05) is 0 Å². The summed E-state index contributed by atoms with van der Waals surface area (Å²) in [4.78, 5) is 14.1. The molecule has 88 valence electrons. The van der Waals surface area contributed by atoms with Crippen LogP contribution in [0, 0.1) is 10.1 Å². The van der Waals surface area contributed by atoms with Crippen LogP contribution in [0.15, 0.2) is 12.1 Å². The molecule has 0 aliphatic carbocycles. The molecular formula is C9H13N3O4. The summed E-state index contributed by atoms with van der Waals surface area (Å²) in [5.74, 6) is 0.506. The molecule has 1 rings (SSSR count). The lowest BCUT2D eigenvalue weighted by Gasteiger charge is -2.06. The van der Waals surface area contributed by atoms with E-state index < -0.39 is 4.92 Å². The van der Waals surface area contributed by atoms with Crippen LogP contribution in [-0.2, 0) is 4.74 Å². The third-order valence-electron chi connectivity index (χ3n) is 1.82. The van der Waals surface area contributed by atoms with Crippen molar-refractivity contribution < 1.29 is 14.4 Å². The fourth-order valence-corrected chi connectivity index (χ4v) is 1.04. The molecule has 0 saturated heterocycles. The predicted molar refractivity (Wildman–Crippen MR) is 57.8 cm³/mol. The summed E-state index contributed by atoms with van der Waals surface area (Å²) < 4.78 is 9.95. The lowest BCUT2D eigenvalue weighted by Crippen LogP contribution is -2.08. The van der Waals surface area contributed by atoms with E-state index in [0.717, 1.165) is 0 Å². The number of nitrogens with one attached hydrogen (secondary N) is 1. The van der Waals surface area contributed by atoms with Crippen LogP contribution in [0.2, 0.25) is 0 Å². The van der Waals surface area contributed by atoms with Gasteiger partial charge in [0.25, 0.3) is 5.88 Å². The summed E-state index contributed by atoms with van der Waals surface area (Å²) in [6.45, 7) is 0.570. The minimum Gasteiger partial charge on any atom is -0.470 e. The normalized spacial score (nSPS) is 9.88. The second-order valence-corrected chi connectivity index (χ2v) is 2.87. The van der Waals surface area contributed by atoms with Crippen LogP contribution in [0.3, 0.4) is 0 Å². The van der Waals surface area contributed by atoms with Crippen molar-refractivity contribution in [3.05, 3.63) is 22.2 Å². The maximum absolute atomic E-state index is 10.7. The highest BCUT2D eigenvalue weighted by molar-refractivity contribution is 5.48. The number of hydrogen-bond acceptors (Lipinski definition) is 6. The van der Waals surface area contributed by atoms with Crippen molar-refractivity contribution in [3.8, 4) is 5.88 Å². The molecule has 0 unspecified atom stereocenters. The smallest absolute Gasteiger partial charge is 0.331 e. The lowest BCUT2D eigenvalue weighted by molar-refractivity contribution is -0.386. The Morgan fingerprint density at radius 2 is 2.25 bits per heavy atom. The molecule has 1 N–H and O–H groups in total. The Morgan fingerprint density at radius 3 is 2.81 bits per heavy atom. The first kappa shape index (κ1) is 12.2. The zero-order chi connectivity index (χ0) is 12.0. The Kier molecular flexibility index (Phi) is 4.46. The zero-order valence-corrected chi connectivity index (χ0v) is 9.10. The van der Waals surface area contributed by atoms with Gasteiger partial charge in [0.2, 0.25) is 0 Å². The topological polar surface area (TPSA) is 86.5 Å². The Hall–Kier alpha value is -1.89. The first-order valence-electron chi connectivity index (χ1n) is 4.64. The van der Waals surface area contributed by atoms with Crippen LogP contribution < -0.4 is 10.1 Å². The molecule has 0 spiro atoms. The van der Waals surface area contributed by atoms with E-state index >= 15 is 0 Å². The molecule has 0 aliphatic heterocycles. The van der Waals surface area contributed by atoms with Gasteiger partial charge in [-0.1, -0.05) is 0 Å². The number of ether oxygens (including phenoxy) is 2. The van der Waals surface area contributed by atoms with Crippen LogP contribution in [0.25, 0.3) is 0 Å². The highest BCUT2D eigenvalue weighted by Crippen LogP contribution is 2.25. The summed E-state index contributed by atoms with van der Waals surface area (Å²) in [5.41, 5.74) is -0.157. The van der Waals surface area contributed by atoms with Crippen molar-refractivity contribution in [2.24, 2.45) is 0 Å². The monoisotopic (exact) mass is 227 g/mol. The number of rotatable bonds is 6. The minimum atomic E-state index is -0.533. The lowest BCUT2D eigenvalue weighted by atomic mass is 10.4.